The summed E-state index contributed by atoms with van der Waals surface area (Å²) in [4.78, 5) is 0. The smallest absolute Gasteiger partial charge is 0.138 e. The van der Waals surface area contributed by atoms with Gasteiger partial charge >= 0.3 is 0 Å². The first kappa shape index (κ1) is 11.0. The van der Waals surface area contributed by atoms with Crippen molar-refractivity contribution in [3.05, 3.63) is 0 Å². The molecular formula is C9H12O3. The Morgan fingerprint density at radius 3 is 2.00 bits per heavy atom. The van der Waals surface area contributed by atoms with Crippen LogP contribution in [0.25, 0.3) is 0 Å². The van der Waals surface area contributed by atoms with Crippen LogP contribution in [0.15, 0.2) is 0 Å². The van der Waals surface area contributed by atoms with Crippen molar-refractivity contribution in [2.24, 2.45) is 0 Å². The van der Waals surface area contributed by atoms with Crippen molar-refractivity contribution in [2.75, 3.05) is 6.61 Å². The minimum Gasteiger partial charge on any atom is -0.393 e. The highest BCUT2D eigenvalue weighted by Crippen LogP contribution is 1.84. The molecule has 0 aromatic carbocycles. The first-order valence-electron chi connectivity index (χ1n) is 3.68. The molecule has 0 spiro atoms. The number of hydrogen-bond donors (Lipinski definition) is 3. The molecule has 0 unspecified atom stereocenters. The Morgan fingerprint density at radius 1 is 1.08 bits per heavy atom. The Bertz CT molecular complexity index is 200. The van der Waals surface area contributed by atoms with Gasteiger partial charge in [0.15, 0.2) is 0 Å². The van der Waals surface area contributed by atoms with Gasteiger partial charge in [0.05, 0.1) is 6.61 Å². The zero-order chi connectivity index (χ0) is 9.40. The quantitative estimate of drug-likeness (QED) is 0.469. The minimum atomic E-state index is -1.04. The number of rotatable bonds is 2. The molecule has 0 aromatic rings. The first-order valence-corrected chi connectivity index (χ1v) is 3.68. The maximum atomic E-state index is 8.93. The highest BCUT2D eigenvalue weighted by atomic mass is 16.3. The molecule has 0 amide bonds. The maximum absolute atomic E-state index is 8.93. The van der Waals surface area contributed by atoms with Crippen molar-refractivity contribution in [2.45, 2.75) is 25.6 Å². The Hall–Kier alpha value is -1.00. The molecule has 12 heavy (non-hydrogen) atoms. The second-order valence-electron chi connectivity index (χ2n) is 2.16. The lowest BCUT2D eigenvalue weighted by Crippen LogP contribution is -2.07. The Kier molecular flexibility index (Phi) is 6.14. The lowest BCUT2D eigenvalue weighted by atomic mass is 10.3. The van der Waals surface area contributed by atoms with E-state index in [-0.39, 0.29) is 0 Å². The van der Waals surface area contributed by atoms with E-state index in [0.29, 0.717) is 6.42 Å². The van der Waals surface area contributed by atoms with E-state index in [1.807, 2.05) is 0 Å². The Morgan fingerprint density at radius 2 is 1.58 bits per heavy atom. The summed E-state index contributed by atoms with van der Waals surface area (Å²) >= 11 is 0. The topological polar surface area (TPSA) is 60.7 Å². The van der Waals surface area contributed by atoms with Crippen LogP contribution in [-0.2, 0) is 0 Å². The third-order valence-electron chi connectivity index (χ3n) is 1.10. The van der Waals surface area contributed by atoms with Crippen molar-refractivity contribution in [1.29, 1.82) is 0 Å². The Labute approximate surface area is 72.0 Å². The lowest BCUT2D eigenvalue weighted by molar-refractivity contribution is 0.138. The van der Waals surface area contributed by atoms with Crippen LogP contribution in [0.5, 0.6) is 0 Å². The van der Waals surface area contributed by atoms with E-state index in [1.165, 1.54) is 0 Å². The molecule has 0 saturated heterocycles. The van der Waals surface area contributed by atoms with Crippen LogP contribution in [0, 0.1) is 23.7 Å². The molecule has 0 fully saturated rings. The van der Waals surface area contributed by atoms with Crippen LogP contribution in [-0.4, -0.2) is 34.1 Å². The fourth-order valence-electron chi connectivity index (χ4n) is 0.386. The van der Waals surface area contributed by atoms with Crippen LogP contribution < -0.4 is 0 Å². The molecule has 0 aliphatic carbocycles. The SMILES string of the molecule is CC[C@H](O)C#CC#C[C@@H](O)CO. The van der Waals surface area contributed by atoms with Crippen LogP contribution in [0.3, 0.4) is 0 Å². The maximum Gasteiger partial charge on any atom is 0.138 e. The molecule has 0 radical (unpaired) electrons. The van der Waals surface area contributed by atoms with Gasteiger partial charge in [-0.15, -0.1) is 0 Å². The molecular weight excluding hydrogens is 156 g/mol. The third kappa shape index (κ3) is 5.76. The average molecular weight is 168 g/mol. The standard InChI is InChI=1S/C9H12O3/c1-2-8(11)5-3-4-6-9(12)7-10/h8-12H,2,7H2,1H3/t8-,9+/m0/s1. The van der Waals surface area contributed by atoms with Gasteiger partial charge in [0.2, 0.25) is 0 Å². The summed E-state index contributed by atoms with van der Waals surface area (Å²) in [7, 11) is 0. The molecule has 0 bridgehead atoms. The fraction of sp³-hybridized carbons (Fsp3) is 0.556. The summed E-state index contributed by atoms with van der Waals surface area (Å²) in [5.74, 6) is 9.42. The van der Waals surface area contributed by atoms with Gasteiger partial charge in [-0.25, -0.2) is 0 Å². The van der Waals surface area contributed by atoms with Gasteiger partial charge in [-0.1, -0.05) is 18.8 Å². The molecule has 0 saturated carbocycles. The van der Waals surface area contributed by atoms with Crippen LogP contribution in [0.2, 0.25) is 0 Å². The largest absolute Gasteiger partial charge is 0.393 e. The summed E-state index contributed by atoms with van der Waals surface area (Å²) in [5, 5.41) is 26.0. The van der Waals surface area contributed by atoms with Gasteiger partial charge in [0, 0.05) is 0 Å². The number of hydrogen-bond acceptors (Lipinski definition) is 3. The molecule has 3 nitrogen and oxygen atoms in total. The summed E-state index contributed by atoms with van der Waals surface area (Å²) in [6, 6.07) is 0. The van der Waals surface area contributed by atoms with E-state index in [1.54, 1.807) is 6.92 Å². The zero-order valence-corrected chi connectivity index (χ0v) is 6.91. The van der Waals surface area contributed by atoms with Crippen molar-refractivity contribution >= 4 is 0 Å². The van der Waals surface area contributed by atoms with Gasteiger partial charge < -0.3 is 15.3 Å². The van der Waals surface area contributed by atoms with Crippen LogP contribution >= 0.6 is 0 Å². The van der Waals surface area contributed by atoms with Crippen LogP contribution in [0.4, 0.5) is 0 Å². The minimum absolute atomic E-state index is 0.398. The summed E-state index contributed by atoms with van der Waals surface area (Å²) in [6.07, 6.45) is -1.15. The highest BCUT2D eigenvalue weighted by molar-refractivity contribution is 5.28. The summed E-state index contributed by atoms with van der Waals surface area (Å²) < 4.78 is 0. The summed E-state index contributed by atoms with van der Waals surface area (Å²) in [6.45, 7) is 1.40. The number of aliphatic hydroxyl groups excluding tert-OH is 3. The lowest BCUT2D eigenvalue weighted by Gasteiger charge is -1.92. The predicted octanol–water partition coefficient (Wildman–Crippen LogP) is -0.883. The van der Waals surface area contributed by atoms with Gasteiger partial charge in [-0.3, -0.25) is 0 Å². The first-order chi connectivity index (χ1) is 5.70. The highest BCUT2D eigenvalue weighted by Gasteiger charge is 1.91. The van der Waals surface area contributed by atoms with Crippen molar-refractivity contribution < 1.29 is 15.3 Å². The average Bonchev–Trinajstić information content (AvgIpc) is 2.11. The molecule has 0 heterocycles. The predicted molar refractivity (Wildman–Crippen MR) is 44.9 cm³/mol. The van der Waals surface area contributed by atoms with Gasteiger partial charge in [-0.05, 0) is 18.3 Å². The molecule has 0 aliphatic heterocycles. The Balaban J connectivity index is 3.88. The van der Waals surface area contributed by atoms with E-state index in [2.05, 4.69) is 23.7 Å². The molecule has 3 heteroatoms. The fourth-order valence-corrected chi connectivity index (χ4v) is 0.386. The molecule has 0 aromatic heterocycles. The normalized spacial score (nSPS) is 13.3. The van der Waals surface area contributed by atoms with E-state index in [9.17, 15) is 0 Å². The molecule has 66 valence electrons. The third-order valence-corrected chi connectivity index (χ3v) is 1.10. The number of aliphatic hydroxyl groups is 3. The van der Waals surface area contributed by atoms with Gasteiger partial charge in [0.25, 0.3) is 0 Å². The monoisotopic (exact) mass is 168 g/mol. The van der Waals surface area contributed by atoms with Gasteiger partial charge in [-0.2, -0.15) is 0 Å². The molecule has 3 N–H and O–H groups in total. The second kappa shape index (κ2) is 6.69. The molecule has 0 aliphatic rings. The van der Waals surface area contributed by atoms with Crippen molar-refractivity contribution in [1.82, 2.24) is 0 Å². The van der Waals surface area contributed by atoms with E-state index in [0.717, 1.165) is 0 Å². The van der Waals surface area contributed by atoms with Gasteiger partial charge in [0.1, 0.15) is 12.2 Å². The van der Waals surface area contributed by atoms with Crippen molar-refractivity contribution in [3.8, 4) is 23.7 Å². The van der Waals surface area contributed by atoms with Crippen LogP contribution in [0.1, 0.15) is 13.3 Å². The summed E-state index contributed by atoms with van der Waals surface area (Å²) in [5.41, 5.74) is 0. The van der Waals surface area contributed by atoms with E-state index >= 15 is 0 Å². The van der Waals surface area contributed by atoms with Crippen molar-refractivity contribution in [3.63, 3.8) is 0 Å². The molecule has 2 atom stereocenters. The zero-order valence-electron chi connectivity index (χ0n) is 6.91. The van der Waals surface area contributed by atoms with E-state index < -0.39 is 18.8 Å². The van der Waals surface area contributed by atoms with E-state index in [4.69, 9.17) is 15.3 Å². The molecule has 0 rings (SSSR count). The second-order valence-corrected chi connectivity index (χ2v) is 2.16.